The highest BCUT2D eigenvalue weighted by molar-refractivity contribution is 5.82. The highest BCUT2D eigenvalue weighted by Gasteiger charge is 2.08. The Labute approximate surface area is 122 Å². The van der Waals surface area contributed by atoms with Crippen LogP contribution >= 0.6 is 0 Å². The van der Waals surface area contributed by atoms with E-state index in [2.05, 4.69) is 4.98 Å². The van der Waals surface area contributed by atoms with E-state index < -0.39 is 0 Å². The second kappa shape index (κ2) is 5.40. The van der Waals surface area contributed by atoms with Gasteiger partial charge < -0.3 is 9.15 Å². The monoisotopic (exact) mass is 281 g/mol. The van der Waals surface area contributed by atoms with Crippen LogP contribution in [0.25, 0.3) is 11.0 Å². The zero-order valence-electron chi connectivity index (χ0n) is 11.9. The van der Waals surface area contributed by atoms with E-state index in [4.69, 9.17) is 9.15 Å². The van der Waals surface area contributed by atoms with E-state index in [0.717, 1.165) is 16.5 Å². The third-order valence-electron chi connectivity index (χ3n) is 3.56. The fraction of sp³-hybridized carbons (Fsp3) is 0.176. The first-order valence-electron chi connectivity index (χ1n) is 6.71. The smallest absolute Gasteiger partial charge is 0.339 e. The molecule has 21 heavy (non-hydrogen) atoms. The maximum Gasteiger partial charge on any atom is 0.339 e. The molecule has 0 saturated carbocycles. The van der Waals surface area contributed by atoms with Crippen LogP contribution in [-0.4, -0.2) is 4.98 Å². The van der Waals surface area contributed by atoms with Crippen LogP contribution < -0.4 is 10.4 Å². The van der Waals surface area contributed by atoms with Crippen molar-refractivity contribution in [3.05, 3.63) is 69.8 Å². The van der Waals surface area contributed by atoms with Crippen molar-refractivity contribution in [2.75, 3.05) is 0 Å². The SMILES string of the molecule is Cc1c(C)c2ccc(OCc3cccnc3)cc2oc1=O. The number of nitrogens with zero attached hydrogens (tertiary/aromatic N) is 1. The highest BCUT2D eigenvalue weighted by Crippen LogP contribution is 2.24. The van der Waals surface area contributed by atoms with Crippen molar-refractivity contribution in [2.24, 2.45) is 0 Å². The summed E-state index contributed by atoms with van der Waals surface area (Å²) in [7, 11) is 0. The lowest BCUT2D eigenvalue weighted by Gasteiger charge is -2.08. The summed E-state index contributed by atoms with van der Waals surface area (Å²) in [5.41, 5.74) is 2.82. The summed E-state index contributed by atoms with van der Waals surface area (Å²) < 4.78 is 11.0. The summed E-state index contributed by atoms with van der Waals surface area (Å²) in [5.74, 6) is 0.665. The Morgan fingerprint density at radius 2 is 2.05 bits per heavy atom. The number of hydrogen-bond donors (Lipinski definition) is 0. The maximum atomic E-state index is 11.7. The van der Waals surface area contributed by atoms with Crippen molar-refractivity contribution in [1.29, 1.82) is 0 Å². The van der Waals surface area contributed by atoms with Gasteiger partial charge in [-0.15, -0.1) is 0 Å². The van der Waals surface area contributed by atoms with Gasteiger partial charge >= 0.3 is 5.63 Å². The van der Waals surface area contributed by atoms with E-state index >= 15 is 0 Å². The number of hydrogen-bond acceptors (Lipinski definition) is 4. The second-order valence-electron chi connectivity index (χ2n) is 4.95. The summed E-state index contributed by atoms with van der Waals surface area (Å²) in [6.07, 6.45) is 3.48. The molecule has 4 heteroatoms. The van der Waals surface area contributed by atoms with E-state index in [-0.39, 0.29) is 5.63 Å². The minimum atomic E-state index is -0.301. The lowest BCUT2D eigenvalue weighted by molar-refractivity contribution is 0.305. The first-order chi connectivity index (χ1) is 10.1. The minimum absolute atomic E-state index is 0.301. The highest BCUT2D eigenvalue weighted by atomic mass is 16.5. The van der Waals surface area contributed by atoms with Crippen LogP contribution in [-0.2, 0) is 6.61 Å². The van der Waals surface area contributed by atoms with Crippen molar-refractivity contribution < 1.29 is 9.15 Å². The summed E-state index contributed by atoms with van der Waals surface area (Å²) in [6, 6.07) is 9.36. The zero-order chi connectivity index (χ0) is 14.8. The molecule has 0 spiro atoms. The molecule has 0 aliphatic heterocycles. The van der Waals surface area contributed by atoms with E-state index in [1.807, 2.05) is 31.2 Å². The summed E-state index contributed by atoms with van der Waals surface area (Å²) in [4.78, 5) is 15.8. The van der Waals surface area contributed by atoms with Crippen molar-refractivity contribution in [2.45, 2.75) is 20.5 Å². The van der Waals surface area contributed by atoms with Gasteiger partial charge in [-0.1, -0.05) is 6.07 Å². The first kappa shape index (κ1) is 13.4. The Morgan fingerprint density at radius 1 is 1.19 bits per heavy atom. The second-order valence-corrected chi connectivity index (χ2v) is 4.95. The molecule has 3 rings (SSSR count). The number of ether oxygens (including phenoxy) is 1. The van der Waals surface area contributed by atoms with Gasteiger partial charge in [-0.3, -0.25) is 4.98 Å². The van der Waals surface area contributed by atoms with Crippen molar-refractivity contribution in [3.63, 3.8) is 0 Å². The molecule has 3 aromatic rings. The molecule has 0 aliphatic carbocycles. The number of fused-ring (bicyclic) bond motifs is 1. The molecule has 0 unspecified atom stereocenters. The van der Waals surface area contributed by atoms with E-state index in [1.54, 1.807) is 25.4 Å². The standard InChI is InChI=1S/C17H15NO3/c1-11-12(2)17(19)21-16-8-14(5-6-15(11)16)20-10-13-4-3-7-18-9-13/h3-9H,10H2,1-2H3. The van der Waals surface area contributed by atoms with Gasteiger partial charge in [-0.25, -0.2) is 4.79 Å². The Hall–Kier alpha value is -2.62. The lowest BCUT2D eigenvalue weighted by Crippen LogP contribution is -2.05. The van der Waals surface area contributed by atoms with Gasteiger partial charge in [-0.2, -0.15) is 0 Å². The van der Waals surface area contributed by atoms with Gasteiger partial charge in [0.25, 0.3) is 0 Å². The quantitative estimate of drug-likeness (QED) is 0.691. The van der Waals surface area contributed by atoms with Gasteiger partial charge in [0.2, 0.25) is 0 Å². The van der Waals surface area contributed by atoms with Crippen molar-refractivity contribution in [3.8, 4) is 5.75 Å². The van der Waals surface area contributed by atoms with Gasteiger partial charge in [0.15, 0.2) is 0 Å². The lowest BCUT2D eigenvalue weighted by atomic mass is 10.1. The molecule has 2 heterocycles. The molecular weight excluding hydrogens is 266 g/mol. The number of benzene rings is 1. The molecule has 0 N–H and O–H groups in total. The maximum absolute atomic E-state index is 11.7. The third kappa shape index (κ3) is 2.65. The Balaban J connectivity index is 1.91. The Morgan fingerprint density at radius 3 is 2.81 bits per heavy atom. The van der Waals surface area contributed by atoms with Crippen LogP contribution in [0.4, 0.5) is 0 Å². The van der Waals surface area contributed by atoms with E-state index in [1.165, 1.54) is 0 Å². The molecule has 106 valence electrons. The molecule has 0 amide bonds. The molecule has 0 atom stereocenters. The summed E-state index contributed by atoms with van der Waals surface area (Å²) >= 11 is 0. The average Bonchev–Trinajstić information content (AvgIpc) is 2.51. The topological polar surface area (TPSA) is 52.3 Å². The summed E-state index contributed by atoms with van der Waals surface area (Å²) in [6.45, 7) is 4.12. The van der Waals surface area contributed by atoms with Crippen LogP contribution in [0.5, 0.6) is 5.75 Å². The van der Waals surface area contributed by atoms with Crippen LogP contribution in [0, 0.1) is 13.8 Å². The Bertz CT molecular complexity index is 838. The fourth-order valence-electron chi connectivity index (χ4n) is 2.17. The van der Waals surface area contributed by atoms with Gasteiger partial charge in [0, 0.05) is 35.0 Å². The van der Waals surface area contributed by atoms with E-state index in [9.17, 15) is 4.79 Å². The normalized spacial score (nSPS) is 10.8. The summed E-state index contributed by atoms with van der Waals surface area (Å²) in [5, 5.41) is 0.931. The molecule has 1 aromatic carbocycles. The average molecular weight is 281 g/mol. The predicted molar refractivity (Wildman–Crippen MR) is 80.5 cm³/mol. The molecule has 2 aromatic heterocycles. The Kier molecular flexibility index (Phi) is 3.44. The minimum Gasteiger partial charge on any atom is -0.489 e. The zero-order valence-corrected chi connectivity index (χ0v) is 11.9. The number of aryl methyl sites for hydroxylation is 1. The molecule has 0 saturated heterocycles. The molecule has 4 nitrogen and oxygen atoms in total. The predicted octanol–water partition coefficient (Wildman–Crippen LogP) is 3.38. The molecule has 0 fully saturated rings. The first-order valence-corrected chi connectivity index (χ1v) is 6.71. The molecular formula is C17H15NO3. The fourth-order valence-corrected chi connectivity index (χ4v) is 2.17. The number of rotatable bonds is 3. The third-order valence-corrected chi connectivity index (χ3v) is 3.56. The van der Waals surface area contributed by atoms with Gasteiger partial charge in [-0.05, 0) is 37.6 Å². The van der Waals surface area contributed by atoms with Crippen LogP contribution in [0.1, 0.15) is 16.7 Å². The van der Waals surface area contributed by atoms with Crippen LogP contribution in [0.3, 0.4) is 0 Å². The van der Waals surface area contributed by atoms with Crippen molar-refractivity contribution >= 4 is 11.0 Å². The van der Waals surface area contributed by atoms with Crippen molar-refractivity contribution in [1.82, 2.24) is 4.98 Å². The number of pyridine rings is 1. The molecule has 0 bridgehead atoms. The van der Waals surface area contributed by atoms with Gasteiger partial charge in [0.1, 0.15) is 17.9 Å². The van der Waals surface area contributed by atoms with Gasteiger partial charge in [0.05, 0.1) is 0 Å². The van der Waals surface area contributed by atoms with Crippen LogP contribution in [0.2, 0.25) is 0 Å². The largest absolute Gasteiger partial charge is 0.489 e. The van der Waals surface area contributed by atoms with E-state index in [0.29, 0.717) is 23.5 Å². The molecule has 0 aliphatic rings. The molecule has 0 radical (unpaired) electrons. The number of aromatic nitrogens is 1. The van der Waals surface area contributed by atoms with Crippen LogP contribution in [0.15, 0.2) is 51.9 Å².